The molecule has 0 unspecified atom stereocenters. The second-order valence-electron chi connectivity index (χ2n) is 16.1. The molecule has 6 aromatic carbocycles. The minimum atomic E-state index is 0.0518. The molecule has 0 spiro atoms. The Morgan fingerprint density at radius 3 is 1.13 bits per heavy atom. The fourth-order valence-electron chi connectivity index (χ4n) is 8.29. The molecule has 5 N–H and O–H groups in total. The summed E-state index contributed by atoms with van der Waals surface area (Å²) < 4.78 is 11.2. The molecule has 0 aromatic heterocycles. The molecular formula is C52H51ClO7. The molecule has 0 saturated carbocycles. The minimum Gasteiger partial charge on any atom is -0.507 e. The molecule has 0 aliphatic heterocycles. The molecule has 0 amide bonds. The van der Waals surface area contributed by atoms with E-state index in [1.807, 2.05) is 113 Å². The summed E-state index contributed by atoms with van der Waals surface area (Å²) in [7, 11) is 0. The first-order valence-corrected chi connectivity index (χ1v) is 20.8. The van der Waals surface area contributed by atoms with E-state index in [9.17, 15) is 25.5 Å². The molecule has 7 nitrogen and oxygen atoms in total. The quantitative estimate of drug-likeness (QED) is 0.0617. The molecule has 0 radical (unpaired) electrons. The number of phenols is 5. The molecule has 0 fully saturated rings. The van der Waals surface area contributed by atoms with E-state index in [2.05, 4.69) is 11.8 Å². The van der Waals surface area contributed by atoms with Gasteiger partial charge in [-0.15, -0.1) is 11.6 Å². The summed E-state index contributed by atoms with van der Waals surface area (Å²) in [5.74, 6) is 7.49. The van der Waals surface area contributed by atoms with Crippen molar-refractivity contribution in [2.24, 2.45) is 0 Å². The maximum atomic E-state index is 12.0. The van der Waals surface area contributed by atoms with Crippen molar-refractivity contribution in [2.45, 2.75) is 66.4 Å². The Kier molecular flexibility index (Phi) is 13.1. The van der Waals surface area contributed by atoms with Crippen molar-refractivity contribution >= 4 is 11.6 Å². The standard InChI is InChI=1S/C52H51ClO7/c1-31-14-38-25-39-15-32(2)17-41(49(39)55)27-43-19-34(4)21-45(51(43)57)29-47-24-36(9-8-35-6-5-7-37(22-35)30-60-13-12-59-11-10-53)23-46(52(47)58)28-44-20-33(3)18-42(50(44)56)26-40(16-31)48(38)54/h5-7,14-24,54-58H,10-13,25-30H2,1-4H3. The third-order valence-electron chi connectivity index (χ3n) is 11.0. The number of halogens is 1. The van der Waals surface area contributed by atoms with E-state index < -0.39 is 0 Å². The monoisotopic (exact) mass is 822 g/mol. The van der Waals surface area contributed by atoms with Gasteiger partial charge in [-0.3, -0.25) is 0 Å². The molecule has 8 heteroatoms. The summed E-state index contributed by atoms with van der Waals surface area (Å²) in [6.07, 6.45) is 1.25. The number of aryl methyl sites for hydroxylation is 4. The smallest absolute Gasteiger partial charge is 0.122 e. The number of benzene rings is 6. The van der Waals surface area contributed by atoms with E-state index in [0.717, 1.165) is 33.4 Å². The molecule has 308 valence electrons. The van der Waals surface area contributed by atoms with Gasteiger partial charge in [-0.05, 0) is 113 Å². The van der Waals surface area contributed by atoms with Gasteiger partial charge in [0.2, 0.25) is 0 Å². The third-order valence-corrected chi connectivity index (χ3v) is 11.1. The van der Waals surface area contributed by atoms with Crippen LogP contribution >= 0.6 is 11.6 Å². The van der Waals surface area contributed by atoms with Crippen LogP contribution in [-0.4, -0.2) is 51.2 Å². The Morgan fingerprint density at radius 2 is 0.767 bits per heavy atom. The van der Waals surface area contributed by atoms with Gasteiger partial charge in [-0.2, -0.15) is 0 Å². The fourth-order valence-corrected chi connectivity index (χ4v) is 8.40. The van der Waals surface area contributed by atoms with Crippen molar-refractivity contribution in [3.63, 3.8) is 0 Å². The zero-order valence-electron chi connectivity index (χ0n) is 34.6. The highest BCUT2D eigenvalue weighted by Crippen LogP contribution is 2.39. The van der Waals surface area contributed by atoms with Crippen LogP contribution in [0, 0.1) is 39.5 Å². The van der Waals surface area contributed by atoms with Gasteiger partial charge in [-0.1, -0.05) is 94.8 Å². The number of hydrogen-bond acceptors (Lipinski definition) is 7. The van der Waals surface area contributed by atoms with E-state index in [0.29, 0.717) is 99.9 Å². The molecule has 60 heavy (non-hydrogen) atoms. The topological polar surface area (TPSA) is 120 Å². The van der Waals surface area contributed by atoms with Crippen molar-refractivity contribution in [3.05, 3.63) is 180 Å². The molecule has 0 atom stereocenters. The summed E-state index contributed by atoms with van der Waals surface area (Å²) in [5.41, 5.74) is 12.5. The summed E-state index contributed by atoms with van der Waals surface area (Å²) >= 11 is 5.68. The number of ether oxygens (including phenoxy) is 2. The van der Waals surface area contributed by atoms with Gasteiger partial charge in [0.05, 0.1) is 26.4 Å². The first kappa shape index (κ1) is 42.2. The highest BCUT2D eigenvalue weighted by molar-refractivity contribution is 6.17. The van der Waals surface area contributed by atoms with Gasteiger partial charge in [0.15, 0.2) is 0 Å². The molecule has 0 heterocycles. The third kappa shape index (κ3) is 9.92. The molecule has 6 aromatic rings. The van der Waals surface area contributed by atoms with Crippen molar-refractivity contribution in [3.8, 4) is 40.6 Å². The Balaban J connectivity index is 1.35. The molecule has 0 saturated heterocycles. The van der Waals surface area contributed by atoms with E-state index in [4.69, 9.17) is 21.1 Å². The lowest BCUT2D eigenvalue weighted by Gasteiger charge is -2.19. The summed E-state index contributed by atoms with van der Waals surface area (Å²) in [6.45, 7) is 9.67. The van der Waals surface area contributed by atoms with E-state index in [1.54, 1.807) is 0 Å². The summed E-state index contributed by atoms with van der Waals surface area (Å²) in [5, 5.41) is 59.1. The van der Waals surface area contributed by atoms with Gasteiger partial charge in [0, 0.05) is 49.1 Å². The molecule has 1 aliphatic carbocycles. The SMILES string of the molecule is Cc1cc2c(O)c(c1)Cc1cc(C)cc(c1O)Cc1cc(C#Cc3cccc(COCCOCCCl)c3)cc(c1O)Cc1cc(C)cc(c1O)Cc1cc(C)cc(c1O)C2. The van der Waals surface area contributed by atoms with Gasteiger partial charge in [0.1, 0.15) is 28.7 Å². The molecule has 10 bridgehead atoms. The van der Waals surface area contributed by atoms with Crippen LogP contribution in [0.3, 0.4) is 0 Å². The van der Waals surface area contributed by atoms with Crippen LogP contribution in [0.4, 0.5) is 0 Å². The zero-order chi connectivity index (χ0) is 42.5. The van der Waals surface area contributed by atoms with Crippen LogP contribution in [0.5, 0.6) is 28.7 Å². The van der Waals surface area contributed by atoms with Gasteiger partial charge < -0.3 is 35.0 Å². The zero-order valence-corrected chi connectivity index (χ0v) is 35.3. The average Bonchev–Trinajstić information content (AvgIpc) is 3.20. The first-order valence-electron chi connectivity index (χ1n) is 20.3. The Morgan fingerprint density at radius 1 is 0.433 bits per heavy atom. The normalized spacial score (nSPS) is 12.4. The highest BCUT2D eigenvalue weighted by Gasteiger charge is 2.21. The van der Waals surface area contributed by atoms with E-state index >= 15 is 0 Å². The number of phenolic OH excluding ortho intramolecular Hbond substituents is 5. The largest absolute Gasteiger partial charge is 0.507 e. The Hall–Kier alpha value is -5.91. The number of rotatable bonds is 7. The van der Waals surface area contributed by atoms with Crippen LogP contribution < -0.4 is 0 Å². The molecule has 7 rings (SSSR count). The predicted octanol–water partition coefficient (Wildman–Crippen LogP) is 9.89. The van der Waals surface area contributed by atoms with Crippen LogP contribution in [0.15, 0.2) is 84.9 Å². The average molecular weight is 823 g/mol. The number of fused-ring (bicyclic) bond motifs is 10. The summed E-state index contributed by atoms with van der Waals surface area (Å²) in [4.78, 5) is 0. The second kappa shape index (κ2) is 18.6. The van der Waals surface area contributed by atoms with Gasteiger partial charge in [0.25, 0.3) is 0 Å². The minimum absolute atomic E-state index is 0.0518. The fraction of sp³-hybridized carbons (Fsp3) is 0.269. The maximum Gasteiger partial charge on any atom is 0.122 e. The van der Waals surface area contributed by atoms with Crippen molar-refractivity contribution in [1.29, 1.82) is 0 Å². The number of aromatic hydroxyl groups is 5. The number of alkyl halides is 1. The predicted molar refractivity (Wildman–Crippen MR) is 237 cm³/mol. The Labute approximate surface area is 357 Å². The second-order valence-corrected chi connectivity index (χ2v) is 16.4. The highest BCUT2D eigenvalue weighted by atomic mass is 35.5. The van der Waals surface area contributed by atoms with Gasteiger partial charge >= 0.3 is 0 Å². The van der Waals surface area contributed by atoms with Crippen LogP contribution in [-0.2, 0) is 48.2 Å². The van der Waals surface area contributed by atoms with Crippen LogP contribution in [0.25, 0.3) is 0 Å². The maximum absolute atomic E-state index is 12.0. The first-order chi connectivity index (χ1) is 28.8. The van der Waals surface area contributed by atoms with Crippen molar-refractivity contribution in [2.75, 3.05) is 25.7 Å². The number of hydrogen-bond donors (Lipinski definition) is 5. The lowest BCUT2D eigenvalue weighted by atomic mass is 9.89. The summed E-state index contributed by atoms with van der Waals surface area (Å²) in [6, 6.07) is 26.9. The van der Waals surface area contributed by atoms with E-state index in [1.165, 1.54) is 0 Å². The lowest BCUT2D eigenvalue weighted by molar-refractivity contribution is 0.0459. The Bertz CT molecular complexity index is 2500. The molecular weight excluding hydrogens is 772 g/mol. The van der Waals surface area contributed by atoms with Gasteiger partial charge in [-0.25, -0.2) is 0 Å². The molecule has 1 aliphatic rings. The van der Waals surface area contributed by atoms with Crippen LogP contribution in [0.2, 0.25) is 0 Å². The van der Waals surface area contributed by atoms with Crippen molar-refractivity contribution < 1.29 is 35.0 Å². The van der Waals surface area contributed by atoms with Crippen LogP contribution in [0.1, 0.15) is 94.6 Å². The van der Waals surface area contributed by atoms with Crippen molar-refractivity contribution in [1.82, 2.24) is 0 Å². The lowest BCUT2D eigenvalue weighted by Crippen LogP contribution is -2.05. The van der Waals surface area contributed by atoms with E-state index in [-0.39, 0.29) is 54.4 Å².